The van der Waals surface area contributed by atoms with Crippen LogP contribution in [0.2, 0.25) is 0 Å². The van der Waals surface area contributed by atoms with Gasteiger partial charge in [0.15, 0.2) is 4.87 Å². The fraction of sp³-hybridized carbons (Fsp3) is 0.667. The summed E-state index contributed by atoms with van der Waals surface area (Å²) in [5.41, 5.74) is 0. The molecule has 0 spiro atoms. The van der Waals surface area contributed by atoms with Gasteiger partial charge in [-0.2, -0.15) is 12.6 Å². The van der Waals surface area contributed by atoms with Crippen LogP contribution in [-0.2, 0) is 4.79 Å². The predicted molar refractivity (Wildman–Crippen MR) is 45.3 cm³/mol. The maximum absolute atomic E-state index is 10.2. The highest BCUT2D eigenvalue weighted by Gasteiger charge is 2.31. The average molecular weight is 185 g/mol. The van der Waals surface area contributed by atoms with Gasteiger partial charge < -0.3 is 5.11 Å². The number of carboxylic acids is 1. The van der Waals surface area contributed by atoms with Gasteiger partial charge >= 0.3 is 5.97 Å². The Morgan fingerprint density at radius 1 is 1.78 bits per heavy atom. The standard InChI is InChI=1S/C3H7NO2S3/c5-2(6)3(8,1-7)4-9/h4,7-9H,1H2,(H,5,6)/t3-/m1/s1. The van der Waals surface area contributed by atoms with Gasteiger partial charge in [0.05, 0.1) is 0 Å². The highest BCUT2D eigenvalue weighted by atomic mass is 32.1. The second kappa shape index (κ2) is 3.60. The number of aliphatic carboxylic acids is 1. The first-order valence-corrected chi connectivity index (χ1v) is 3.57. The second-order valence-electron chi connectivity index (χ2n) is 1.44. The maximum atomic E-state index is 10.2. The van der Waals surface area contributed by atoms with E-state index in [9.17, 15) is 4.79 Å². The number of hydrogen-bond acceptors (Lipinski definition) is 5. The highest BCUT2D eigenvalue weighted by Crippen LogP contribution is 2.12. The zero-order valence-electron chi connectivity index (χ0n) is 4.40. The molecule has 54 valence electrons. The van der Waals surface area contributed by atoms with Gasteiger partial charge in [-0.1, -0.05) is 12.8 Å². The quantitative estimate of drug-likeness (QED) is 0.319. The molecule has 0 radical (unpaired) electrons. The molecular formula is C3H7NO2S3. The van der Waals surface area contributed by atoms with E-state index in [1.807, 2.05) is 0 Å². The molecule has 6 heteroatoms. The molecule has 0 amide bonds. The lowest BCUT2D eigenvalue weighted by Gasteiger charge is -2.18. The molecule has 2 N–H and O–H groups in total. The summed E-state index contributed by atoms with van der Waals surface area (Å²) in [4.78, 5) is 8.92. The van der Waals surface area contributed by atoms with Crippen LogP contribution in [0.15, 0.2) is 0 Å². The molecule has 1 atom stereocenters. The number of carbonyl (C=O) groups is 1. The van der Waals surface area contributed by atoms with Gasteiger partial charge in [0.1, 0.15) is 0 Å². The lowest BCUT2D eigenvalue weighted by atomic mass is 10.4. The van der Waals surface area contributed by atoms with Crippen molar-refractivity contribution in [2.24, 2.45) is 0 Å². The van der Waals surface area contributed by atoms with Gasteiger partial charge in [-0.05, 0) is 0 Å². The van der Waals surface area contributed by atoms with Gasteiger partial charge in [0, 0.05) is 5.75 Å². The minimum atomic E-state index is -1.33. The van der Waals surface area contributed by atoms with Gasteiger partial charge in [-0.25, -0.2) is 9.52 Å². The van der Waals surface area contributed by atoms with Gasteiger partial charge in [-0.3, -0.25) is 0 Å². The predicted octanol–water partition coefficient (Wildman–Crippen LogP) is 0.0613. The molecule has 0 aliphatic heterocycles. The fourth-order valence-corrected chi connectivity index (χ4v) is 0.665. The molecule has 0 fully saturated rings. The highest BCUT2D eigenvalue weighted by molar-refractivity contribution is 7.87. The molecule has 0 aromatic rings. The van der Waals surface area contributed by atoms with Crippen LogP contribution in [0.5, 0.6) is 0 Å². The van der Waals surface area contributed by atoms with Crippen molar-refractivity contribution in [3.63, 3.8) is 0 Å². The summed E-state index contributed by atoms with van der Waals surface area (Å²) >= 11 is 11.1. The van der Waals surface area contributed by atoms with Crippen molar-refractivity contribution in [2.75, 3.05) is 5.75 Å². The normalized spacial score (nSPS) is 16.8. The molecule has 0 aromatic heterocycles. The Bertz CT molecular complexity index is 114. The zero-order chi connectivity index (χ0) is 7.49. The molecule has 0 aliphatic rings. The van der Waals surface area contributed by atoms with Crippen molar-refractivity contribution >= 4 is 44.0 Å². The first-order chi connectivity index (χ1) is 4.06. The van der Waals surface area contributed by atoms with Crippen LogP contribution in [0.4, 0.5) is 0 Å². The summed E-state index contributed by atoms with van der Waals surface area (Å²) in [5, 5.41) is 8.40. The van der Waals surface area contributed by atoms with E-state index in [0.717, 1.165) is 0 Å². The van der Waals surface area contributed by atoms with Crippen LogP contribution in [-0.4, -0.2) is 21.7 Å². The van der Waals surface area contributed by atoms with Gasteiger partial charge in [0.25, 0.3) is 0 Å². The van der Waals surface area contributed by atoms with Crippen molar-refractivity contribution in [1.82, 2.24) is 4.72 Å². The second-order valence-corrected chi connectivity index (χ2v) is 2.74. The van der Waals surface area contributed by atoms with E-state index in [4.69, 9.17) is 5.11 Å². The Kier molecular flexibility index (Phi) is 3.79. The summed E-state index contributed by atoms with van der Waals surface area (Å²) in [7, 11) is 0. The molecule has 0 saturated heterocycles. The zero-order valence-corrected chi connectivity index (χ0v) is 7.09. The van der Waals surface area contributed by atoms with Crippen molar-refractivity contribution in [3.8, 4) is 0 Å². The SMILES string of the molecule is O=C(O)[C@](S)(CS)NS. The summed E-state index contributed by atoms with van der Waals surface area (Å²) in [6, 6.07) is 0. The van der Waals surface area contributed by atoms with E-state index in [2.05, 4.69) is 42.8 Å². The average Bonchev–Trinajstić information content (AvgIpc) is 1.86. The Morgan fingerprint density at radius 2 is 2.22 bits per heavy atom. The number of hydrogen-bond donors (Lipinski definition) is 5. The first-order valence-electron chi connectivity index (χ1n) is 2.04. The smallest absolute Gasteiger partial charge is 0.335 e. The summed E-state index contributed by atoms with van der Waals surface area (Å²) in [5.74, 6) is -1.01. The minimum absolute atomic E-state index is 0.0783. The molecule has 3 nitrogen and oxygen atoms in total. The monoisotopic (exact) mass is 185 g/mol. The third-order valence-electron chi connectivity index (χ3n) is 0.768. The Morgan fingerprint density at radius 3 is 2.22 bits per heavy atom. The van der Waals surface area contributed by atoms with E-state index in [1.54, 1.807) is 0 Å². The van der Waals surface area contributed by atoms with Gasteiger partial charge in [-0.15, -0.1) is 12.6 Å². The van der Waals surface area contributed by atoms with E-state index >= 15 is 0 Å². The molecule has 0 saturated carbocycles. The Labute approximate surface area is 69.6 Å². The number of carboxylic acid groups (broad SMARTS) is 1. The minimum Gasteiger partial charge on any atom is -0.479 e. The van der Waals surface area contributed by atoms with Crippen LogP contribution in [0.1, 0.15) is 0 Å². The van der Waals surface area contributed by atoms with Crippen LogP contribution < -0.4 is 4.72 Å². The number of rotatable bonds is 3. The van der Waals surface area contributed by atoms with Crippen molar-refractivity contribution in [1.29, 1.82) is 0 Å². The summed E-state index contributed by atoms with van der Waals surface area (Å²) in [6.07, 6.45) is 0. The molecule has 0 aromatic carbocycles. The van der Waals surface area contributed by atoms with Crippen molar-refractivity contribution in [2.45, 2.75) is 4.87 Å². The molecule has 0 unspecified atom stereocenters. The topological polar surface area (TPSA) is 49.3 Å². The van der Waals surface area contributed by atoms with Crippen LogP contribution in [0, 0.1) is 0 Å². The molecule has 0 rings (SSSR count). The molecular weight excluding hydrogens is 178 g/mol. The lowest BCUT2D eigenvalue weighted by molar-refractivity contribution is -0.139. The third-order valence-corrected chi connectivity index (χ3v) is 2.51. The molecule has 9 heavy (non-hydrogen) atoms. The largest absolute Gasteiger partial charge is 0.479 e. The molecule has 0 heterocycles. The summed E-state index contributed by atoms with van der Waals surface area (Å²) in [6.45, 7) is 0. The van der Waals surface area contributed by atoms with E-state index < -0.39 is 10.8 Å². The lowest BCUT2D eigenvalue weighted by Crippen LogP contribution is -2.44. The van der Waals surface area contributed by atoms with Gasteiger partial charge in [0.2, 0.25) is 0 Å². The van der Waals surface area contributed by atoms with Crippen LogP contribution in [0.3, 0.4) is 0 Å². The molecule has 0 aliphatic carbocycles. The first kappa shape index (κ1) is 9.48. The van der Waals surface area contributed by atoms with E-state index in [1.165, 1.54) is 0 Å². The Hall–Kier alpha value is 0.480. The van der Waals surface area contributed by atoms with E-state index in [-0.39, 0.29) is 5.75 Å². The van der Waals surface area contributed by atoms with Crippen molar-refractivity contribution in [3.05, 3.63) is 0 Å². The van der Waals surface area contributed by atoms with E-state index in [0.29, 0.717) is 0 Å². The number of nitrogens with one attached hydrogen (secondary N) is 1. The van der Waals surface area contributed by atoms with Crippen LogP contribution >= 0.6 is 38.1 Å². The molecule has 0 bridgehead atoms. The van der Waals surface area contributed by atoms with Crippen LogP contribution in [0.25, 0.3) is 0 Å². The summed E-state index contributed by atoms with van der Waals surface area (Å²) < 4.78 is 2.21. The maximum Gasteiger partial charge on any atom is 0.335 e. The van der Waals surface area contributed by atoms with Crippen molar-refractivity contribution < 1.29 is 9.90 Å². The number of thiol groups is 3. The third kappa shape index (κ3) is 2.29. The fourth-order valence-electron chi connectivity index (χ4n) is 0.151. The Balaban J connectivity index is 4.09.